The molecule has 4 nitrogen and oxygen atoms in total. The number of aryl methyl sites for hydroxylation is 2. The van der Waals surface area contributed by atoms with Crippen LogP contribution in [0.5, 0.6) is 0 Å². The van der Waals surface area contributed by atoms with Gasteiger partial charge in [0.15, 0.2) is 0 Å². The van der Waals surface area contributed by atoms with Gasteiger partial charge in [0.2, 0.25) is 0 Å². The molecule has 0 saturated heterocycles. The van der Waals surface area contributed by atoms with Crippen LogP contribution in [0, 0.1) is 6.92 Å². The third-order valence-corrected chi connectivity index (χ3v) is 1.89. The standard InChI is InChI=1S/C8H10F2N2O2/c1-3-12-6(5(2)4-11-12)8(9,10)7(13)14/h4H,3H2,1-2H3,(H,13,14). The van der Waals surface area contributed by atoms with Crippen LogP contribution in [0.15, 0.2) is 6.20 Å². The number of carboxylic acids is 1. The predicted octanol–water partition coefficient (Wildman–Crippen LogP) is 1.39. The normalized spacial score (nSPS) is 11.7. The number of nitrogens with zero attached hydrogens (tertiary/aromatic N) is 2. The molecule has 1 N–H and O–H groups in total. The van der Waals surface area contributed by atoms with Crippen molar-refractivity contribution < 1.29 is 18.7 Å². The zero-order valence-electron chi connectivity index (χ0n) is 7.79. The molecule has 0 amide bonds. The quantitative estimate of drug-likeness (QED) is 0.809. The molecular formula is C8H10F2N2O2. The minimum atomic E-state index is -3.88. The number of carboxylic acid groups (broad SMARTS) is 1. The number of rotatable bonds is 3. The zero-order valence-corrected chi connectivity index (χ0v) is 7.79. The molecule has 0 bridgehead atoms. The highest BCUT2D eigenvalue weighted by Crippen LogP contribution is 2.30. The lowest BCUT2D eigenvalue weighted by molar-refractivity contribution is -0.167. The molecular weight excluding hydrogens is 194 g/mol. The SMILES string of the molecule is CCn1ncc(C)c1C(F)(F)C(=O)O. The Balaban J connectivity index is 3.29. The van der Waals surface area contributed by atoms with E-state index in [-0.39, 0.29) is 12.1 Å². The molecule has 0 spiro atoms. The Morgan fingerprint density at radius 2 is 2.29 bits per heavy atom. The second kappa shape index (κ2) is 3.36. The van der Waals surface area contributed by atoms with Crippen LogP contribution in [0.4, 0.5) is 8.78 Å². The minimum Gasteiger partial charge on any atom is -0.476 e. The van der Waals surface area contributed by atoms with Crippen LogP contribution < -0.4 is 0 Å². The largest absolute Gasteiger partial charge is 0.476 e. The number of aromatic nitrogens is 2. The fraction of sp³-hybridized carbons (Fsp3) is 0.500. The molecule has 0 fully saturated rings. The van der Waals surface area contributed by atoms with Crippen molar-refractivity contribution in [3.8, 4) is 0 Å². The van der Waals surface area contributed by atoms with E-state index in [4.69, 9.17) is 5.11 Å². The number of hydrogen-bond donors (Lipinski definition) is 1. The van der Waals surface area contributed by atoms with E-state index in [2.05, 4.69) is 5.10 Å². The lowest BCUT2D eigenvalue weighted by Gasteiger charge is -2.13. The molecule has 1 rings (SSSR count). The van der Waals surface area contributed by atoms with Crippen molar-refractivity contribution in [1.29, 1.82) is 0 Å². The van der Waals surface area contributed by atoms with Crippen LogP contribution in [0.1, 0.15) is 18.2 Å². The Bertz CT molecular complexity index is 360. The highest BCUT2D eigenvalue weighted by Gasteiger charge is 2.45. The van der Waals surface area contributed by atoms with Gasteiger partial charge in [0.1, 0.15) is 5.69 Å². The van der Waals surface area contributed by atoms with Gasteiger partial charge in [-0.25, -0.2) is 4.79 Å². The van der Waals surface area contributed by atoms with E-state index in [1.54, 1.807) is 6.92 Å². The predicted molar refractivity (Wildman–Crippen MR) is 44.2 cm³/mol. The summed E-state index contributed by atoms with van der Waals surface area (Å²) in [6, 6.07) is 0. The van der Waals surface area contributed by atoms with E-state index in [1.165, 1.54) is 13.1 Å². The average molecular weight is 204 g/mol. The average Bonchev–Trinajstić information content (AvgIpc) is 2.46. The summed E-state index contributed by atoms with van der Waals surface area (Å²) in [5, 5.41) is 12.0. The Morgan fingerprint density at radius 3 is 2.71 bits per heavy atom. The summed E-state index contributed by atoms with van der Waals surface area (Å²) in [7, 11) is 0. The zero-order chi connectivity index (χ0) is 10.9. The van der Waals surface area contributed by atoms with Crippen LogP contribution in [-0.4, -0.2) is 20.9 Å². The van der Waals surface area contributed by atoms with Crippen molar-refractivity contribution in [3.63, 3.8) is 0 Å². The highest BCUT2D eigenvalue weighted by molar-refractivity contribution is 5.77. The number of hydrogen-bond acceptors (Lipinski definition) is 2. The van der Waals surface area contributed by atoms with Gasteiger partial charge < -0.3 is 5.11 Å². The van der Waals surface area contributed by atoms with Crippen molar-refractivity contribution in [2.45, 2.75) is 26.3 Å². The lowest BCUT2D eigenvalue weighted by atomic mass is 10.1. The molecule has 78 valence electrons. The second-order valence-corrected chi connectivity index (χ2v) is 2.87. The Labute approximate surface area is 79.2 Å². The van der Waals surface area contributed by atoms with Crippen molar-refractivity contribution in [2.24, 2.45) is 0 Å². The third kappa shape index (κ3) is 1.47. The molecule has 1 aromatic heterocycles. The van der Waals surface area contributed by atoms with Gasteiger partial charge in [-0.1, -0.05) is 0 Å². The van der Waals surface area contributed by atoms with Crippen molar-refractivity contribution in [2.75, 3.05) is 0 Å². The van der Waals surface area contributed by atoms with Crippen LogP contribution >= 0.6 is 0 Å². The molecule has 1 aromatic rings. The van der Waals surface area contributed by atoms with E-state index in [9.17, 15) is 13.6 Å². The summed E-state index contributed by atoms with van der Waals surface area (Å²) in [6.45, 7) is 3.24. The molecule has 0 aliphatic heterocycles. The van der Waals surface area contributed by atoms with Crippen LogP contribution in [-0.2, 0) is 17.3 Å². The lowest BCUT2D eigenvalue weighted by Crippen LogP contribution is -2.29. The molecule has 6 heteroatoms. The van der Waals surface area contributed by atoms with Crippen LogP contribution in [0.25, 0.3) is 0 Å². The van der Waals surface area contributed by atoms with Crippen molar-refractivity contribution >= 4 is 5.97 Å². The van der Waals surface area contributed by atoms with E-state index in [1.807, 2.05) is 0 Å². The van der Waals surface area contributed by atoms with Gasteiger partial charge in [0.05, 0.1) is 6.20 Å². The summed E-state index contributed by atoms with van der Waals surface area (Å²) in [5.74, 6) is -6.04. The third-order valence-electron chi connectivity index (χ3n) is 1.89. The van der Waals surface area contributed by atoms with Gasteiger partial charge in [-0.2, -0.15) is 13.9 Å². The number of halogens is 2. The highest BCUT2D eigenvalue weighted by atomic mass is 19.3. The summed E-state index contributed by atoms with van der Waals surface area (Å²) in [6.07, 6.45) is 1.23. The number of aliphatic carboxylic acids is 1. The first-order valence-electron chi connectivity index (χ1n) is 4.05. The Kier molecular flexibility index (Phi) is 2.55. The Hall–Kier alpha value is -1.46. The first-order chi connectivity index (χ1) is 6.41. The Morgan fingerprint density at radius 1 is 1.71 bits per heavy atom. The van der Waals surface area contributed by atoms with Crippen LogP contribution in [0.3, 0.4) is 0 Å². The van der Waals surface area contributed by atoms with Gasteiger partial charge in [0, 0.05) is 6.54 Å². The van der Waals surface area contributed by atoms with Gasteiger partial charge in [0.25, 0.3) is 0 Å². The summed E-state index contributed by atoms with van der Waals surface area (Å²) >= 11 is 0. The molecule has 1 heterocycles. The summed E-state index contributed by atoms with van der Waals surface area (Å²) in [4.78, 5) is 10.3. The molecule has 0 unspecified atom stereocenters. The van der Waals surface area contributed by atoms with Gasteiger partial charge in [-0.15, -0.1) is 0 Å². The van der Waals surface area contributed by atoms with E-state index < -0.39 is 17.6 Å². The van der Waals surface area contributed by atoms with Gasteiger partial charge >= 0.3 is 11.9 Å². The summed E-state index contributed by atoms with van der Waals surface area (Å²) in [5.41, 5.74) is -0.369. The maximum Gasteiger partial charge on any atom is 0.384 e. The topological polar surface area (TPSA) is 55.1 Å². The van der Waals surface area contributed by atoms with Gasteiger partial charge in [-0.05, 0) is 19.4 Å². The molecule has 14 heavy (non-hydrogen) atoms. The summed E-state index contributed by atoms with van der Waals surface area (Å²) < 4.78 is 27.3. The number of carbonyl (C=O) groups is 1. The molecule has 0 aliphatic rings. The minimum absolute atomic E-state index is 0.180. The van der Waals surface area contributed by atoms with E-state index in [0.717, 1.165) is 4.68 Å². The van der Waals surface area contributed by atoms with Crippen molar-refractivity contribution in [3.05, 3.63) is 17.5 Å². The molecule has 0 aliphatic carbocycles. The fourth-order valence-corrected chi connectivity index (χ4v) is 1.23. The molecule has 0 radical (unpaired) electrons. The second-order valence-electron chi connectivity index (χ2n) is 2.87. The maximum absolute atomic E-state index is 13.2. The number of alkyl halides is 2. The monoisotopic (exact) mass is 204 g/mol. The first-order valence-corrected chi connectivity index (χ1v) is 4.05. The molecule has 0 atom stereocenters. The smallest absolute Gasteiger partial charge is 0.384 e. The van der Waals surface area contributed by atoms with E-state index >= 15 is 0 Å². The fourth-order valence-electron chi connectivity index (χ4n) is 1.23. The maximum atomic E-state index is 13.2. The van der Waals surface area contributed by atoms with E-state index in [0.29, 0.717) is 0 Å². The first kappa shape index (κ1) is 10.6. The van der Waals surface area contributed by atoms with Crippen molar-refractivity contribution in [1.82, 2.24) is 9.78 Å². The molecule has 0 aromatic carbocycles. The van der Waals surface area contributed by atoms with Gasteiger partial charge in [-0.3, -0.25) is 4.68 Å². The molecule has 0 saturated carbocycles. The van der Waals surface area contributed by atoms with Crippen LogP contribution in [0.2, 0.25) is 0 Å².